The molecule has 1 amide bonds. The molecule has 0 bridgehead atoms. The maximum absolute atomic E-state index is 12.7. The predicted octanol–water partition coefficient (Wildman–Crippen LogP) is 2.53. The van der Waals surface area contributed by atoms with Crippen LogP contribution in [0, 0.1) is 13.8 Å². The molecule has 0 aliphatic heterocycles. The summed E-state index contributed by atoms with van der Waals surface area (Å²) in [5, 5.41) is 9.03. The van der Waals surface area contributed by atoms with Gasteiger partial charge in [-0.1, -0.05) is 17.7 Å². The van der Waals surface area contributed by atoms with Gasteiger partial charge < -0.3 is 15.0 Å². The molecule has 0 saturated heterocycles. The Labute approximate surface area is 141 Å². The van der Waals surface area contributed by atoms with Crippen molar-refractivity contribution in [1.29, 1.82) is 0 Å². The molecule has 0 aliphatic rings. The highest BCUT2D eigenvalue weighted by atomic mass is 32.2. The van der Waals surface area contributed by atoms with Crippen molar-refractivity contribution in [2.75, 3.05) is 13.2 Å². The summed E-state index contributed by atoms with van der Waals surface area (Å²) in [6, 6.07) is 8.13. The van der Waals surface area contributed by atoms with Gasteiger partial charge in [0.1, 0.15) is 5.82 Å². The van der Waals surface area contributed by atoms with E-state index >= 15 is 0 Å². The SMILES string of the molecule is Cc1ccc(SC(C)C(=O)N(CCO)Cc2cnc(C)[nH]2)cc1. The van der Waals surface area contributed by atoms with Gasteiger partial charge in [0, 0.05) is 11.4 Å². The molecule has 1 unspecified atom stereocenters. The Hall–Kier alpha value is -1.79. The second-order valence-corrected chi connectivity index (χ2v) is 6.96. The number of aromatic nitrogens is 2. The molecule has 0 spiro atoms. The van der Waals surface area contributed by atoms with Crippen molar-refractivity contribution < 1.29 is 9.90 Å². The summed E-state index contributed by atoms with van der Waals surface area (Å²) in [4.78, 5) is 22.7. The molecule has 5 nitrogen and oxygen atoms in total. The first-order valence-corrected chi connectivity index (χ1v) is 8.51. The average molecular weight is 333 g/mol. The molecule has 23 heavy (non-hydrogen) atoms. The maximum Gasteiger partial charge on any atom is 0.236 e. The lowest BCUT2D eigenvalue weighted by atomic mass is 10.2. The zero-order valence-corrected chi connectivity index (χ0v) is 14.6. The van der Waals surface area contributed by atoms with Gasteiger partial charge in [-0.05, 0) is 32.9 Å². The van der Waals surface area contributed by atoms with Crippen molar-refractivity contribution in [3.8, 4) is 0 Å². The summed E-state index contributed by atoms with van der Waals surface area (Å²) >= 11 is 1.53. The Morgan fingerprint density at radius 1 is 1.35 bits per heavy atom. The van der Waals surface area contributed by atoms with Gasteiger partial charge in [-0.2, -0.15) is 0 Å². The Balaban J connectivity index is 2.02. The Morgan fingerprint density at radius 2 is 2.04 bits per heavy atom. The van der Waals surface area contributed by atoms with E-state index in [1.807, 2.05) is 45.0 Å². The number of thioether (sulfide) groups is 1. The van der Waals surface area contributed by atoms with Crippen molar-refractivity contribution >= 4 is 17.7 Å². The zero-order valence-electron chi connectivity index (χ0n) is 13.7. The number of H-pyrrole nitrogens is 1. The largest absolute Gasteiger partial charge is 0.395 e. The topological polar surface area (TPSA) is 69.2 Å². The fourth-order valence-electron chi connectivity index (χ4n) is 2.27. The van der Waals surface area contributed by atoms with Crippen LogP contribution in [-0.2, 0) is 11.3 Å². The van der Waals surface area contributed by atoms with Gasteiger partial charge in [-0.3, -0.25) is 4.79 Å². The molecule has 2 aromatic rings. The van der Waals surface area contributed by atoms with E-state index in [9.17, 15) is 9.90 Å². The van der Waals surface area contributed by atoms with Crippen molar-refractivity contribution in [1.82, 2.24) is 14.9 Å². The van der Waals surface area contributed by atoms with E-state index in [-0.39, 0.29) is 17.8 Å². The summed E-state index contributed by atoms with van der Waals surface area (Å²) < 4.78 is 0. The molecular formula is C17H23N3O2S. The predicted molar refractivity (Wildman–Crippen MR) is 92.3 cm³/mol. The normalized spacial score (nSPS) is 12.2. The second-order valence-electron chi connectivity index (χ2n) is 5.55. The Bertz CT molecular complexity index is 640. The van der Waals surface area contributed by atoms with E-state index in [2.05, 4.69) is 9.97 Å². The lowest BCUT2D eigenvalue weighted by Gasteiger charge is -2.24. The molecule has 2 N–H and O–H groups in total. The van der Waals surface area contributed by atoms with E-state index in [0.29, 0.717) is 13.1 Å². The van der Waals surface area contributed by atoms with Crippen molar-refractivity contribution in [2.45, 2.75) is 37.5 Å². The highest BCUT2D eigenvalue weighted by Crippen LogP contribution is 2.25. The number of carbonyl (C=O) groups is 1. The van der Waals surface area contributed by atoms with Crippen LogP contribution in [0.1, 0.15) is 24.0 Å². The van der Waals surface area contributed by atoms with Crippen LogP contribution in [0.4, 0.5) is 0 Å². The van der Waals surface area contributed by atoms with Crippen molar-refractivity contribution in [2.24, 2.45) is 0 Å². The molecule has 0 saturated carbocycles. The molecule has 1 atom stereocenters. The number of rotatable bonds is 7. The minimum absolute atomic E-state index is 0.0110. The van der Waals surface area contributed by atoms with Crippen LogP contribution >= 0.6 is 11.8 Å². The number of nitrogens with one attached hydrogen (secondary N) is 1. The molecule has 0 aliphatic carbocycles. The lowest BCUT2D eigenvalue weighted by Crippen LogP contribution is -2.38. The molecule has 1 aromatic carbocycles. The number of aryl methyl sites for hydroxylation is 2. The van der Waals surface area contributed by atoms with Crippen LogP contribution in [0.2, 0.25) is 0 Å². The average Bonchev–Trinajstić information content (AvgIpc) is 2.93. The first-order valence-electron chi connectivity index (χ1n) is 7.63. The molecule has 1 heterocycles. The minimum atomic E-state index is -0.215. The lowest BCUT2D eigenvalue weighted by molar-refractivity contribution is -0.131. The van der Waals surface area contributed by atoms with Gasteiger partial charge in [0.15, 0.2) is 0 Å². The Kier molecular flexibility index (Phi) is 6.24. The second kappa shape index (κ2) is 8.17. The van der Waals surface area contributed by atoms with Crippen LogP contribution in [0.3, 0.4) is 0 Å². The first kappa shape index (κ1) is 17.6. The van der Waals surface area contributed by atoms with E-state index in [1.54, 1.807) is 11.1 Å². The highest BCUT2D eigenvalue weighted by molar-refractivity contribution is 8.00. The van der Waals surface area contributed by atoms with Crippen LogP contribution in [0.15, 0.2) is 35.4 Å². The quantitative estimate of drug-likeness (QED) is 0.764. The fourth-order valence-corrected chi connectivity index (χ4v) is 3.23. The molecule has 0 radical (unpaired) electrons. The van der Waals surface area contributed by atoms with E-state index in [0.717, 1.165) is 16.4 Å². The smallest absolute Gasteiger partial charge is 0.236 e. The van der Waals surface area contributed by atoms with Crippen molar-refractivity contribution in [3.63, 3.8) is 0 Å². The number of hydrogen-bond acceptors (Lipinski definition) is 4. The number of amides is 1. The standard InChI is InChI=1S/C17H23N3O2S/c1-12-4-6-16(7-5-12)23-13(2)17(22)20(8-9-21)11-15-10-18-14(3)19-15/h4-7,10,13,21H,8-9,11H2,1-3H3,(H,18,19). The summed E-state index contributed by atoms with van der Waals surface area (Å²) in [6.45, 7) is 6.50. The monoisotopic (exact) mass is 333 g/mol. The third kappa shape index (κ3) is 5.11. The number of hydrogen-bond donors (Lipinski definition) is 2. The molecule has 1 aromatic heterocycles. The number of carbonyl (C=O) groups excluding carboxylic acids is 1. The summed E-state index contributed by atoms with van der Waals surface area (Å²) in [5.74, 6) is 0.829. The third-order valence-electron chi connectivity index (χ3n) is 3.48. The number of aliphatic hydroxyl groups excluding tert-OH is 1. The van der Waals surface area contributed by atoms with Gasteiger partial charge in [0.25, 0.3) is 0 Å². The highest BCUT2D eigenvalue weighted by Gasteiger charge is 2.22. The number of aliphatic hydroxyl groups is 1. The third-order valence-corrected chi connectivity index (χ3v) is 4.58. The Morgan fingerprint density at radius 3 is 2.61 bits per heavy atom. The summed E-state index contributed by atoms with van der Waals surface area (Å²) in [6.07, 6.45) is 1.73. The molecule has 124 valence electrons. The van der Waals surface area contributed by atoms with Crippen LogP contribution in [0.5, 0.6) is 0 Å². The summed E-state index contributed by atoms with van der Waals surface area (Å²) in [5.41, 5.74) is 2.07. The number of aromatic amines is 1. The molecular weight excluding hydrogens is 310 g/mol. The maximum atomic E-state index is 12.7. The zero-order chi connectivity index (χ0) is 16.8. The van der Waals surface area contributed by atoms with E-state index in [4.69, 9.17) is 0 Å². The van der Waals surface area contributed by atoms with E-state index in [1.165, 1.54) is 17.3 Å². The van der Waals surface area contributed by atoms with Crippen LogP contribution in [0.25, 0.3) is 0 Å². The number of benzene rings is 1. The van der Waals surface area contributed by atoms with Crippen LogP contribution < -0.4 is 0 Å². The molecule has 2 rings (SSSR count). The van der Waals surface area contributed by atoms with Gasteiger partial charge in [-0.25, -0.2) is 4.98 Å². The number of nitrogens with zero attached hydrogens (tertiary/aromatic N) is 2. The van der Waals surface area contributed by atoms with Crippen molar-refractivity contribution in [3.05, 3.63) is 47.5 Å². The molecule has 6 heteroatoms. The number of imidazole rings is 1. The minimum Gasteiger partial charge on any atom is -0.395 e. The van der Waals surface area contributed by atoms with Crippen LogP contribution in [-0.4, -0.2) is 44.3 Å². The van der Waals surface area contributed by atoms with Gasteiger partial charge >= 0.3 is 0 Å². The molecule has 0 fully saturated rings. The first-order chi connectivity index (χ1) is 11.0. The van der Waals surface area contributed by atoms with Gasteiger partial charge in [0.05, 0.1) is 30.3 Å². The summed E-state index contributed by atoms with van der Waals surface area (Å²) in [7, 11) is 0. The fraction of sp³-hybridized carbons (Fsp3) is 0.412. The van der Waals surface area contributed by atoms with E-state index < -0.39 is 0 Å². The van der Waals surface area contributed by atoms with Gasteiger partial charge in [0.2, 0.25) is 5.91 Å². The van der Waals surface area contributed by atoms with Gasteiger partial charge in [-0.15, -0.1) is 11.8 Å².